The molecular formula is C10H6Cl2O2. The minimum atomic E-state index is -0.598. The van der Waals surface area contributed by atoms with Crippen LogP contribution in [0.4, 0.5) is 0 Å². The summed E-state index contributed by atoms with van der Waals surface area (Å²) in [6, 6.07) is 2.92. The third-order valence-electron chi connectivity index (χ3n) is 2.38. The maximum absolute atomic E-state index is 11.5. The molecule has 1 aromatic rings. The Labute approximate surface area is 90.8 Å². The van der Waals surface area contributed by atoms with Crippen LogP contribution in [0.5, 0.6) is 0 Å². The second kappa shape index (κ2) is 3.07. The van der Waals surface area contributed by atoms with Crippen LogP contribution in [0.1, 0.15) is 27.6 Å². The lowest BCUT2D eigenvalue weighted by atomic mass is 10.1. The number of ketones is 2. The summed E-state index contributed by atoms with van der Waals surface area (Å²) >= 11 is 11.5. The van der Waals surface area contributed by atoms with Crippen molar-refractivity contribution in [2.75, 3.05) is 0 Å². The van der Waals surface area contributed by atoms with Gasteiger partial charge in [-0.2, -0.15) is 0 Å². The zero-order valence-electron chi connectivity index (χ0n) is 7.30. The molecule has 0 aliphatic heterocycles. The maximum Gasteiger partial charge on any atom is 0.174 e. The van der Waals surface area contributed by atoms with E-state index in [-0.39, 0.29) is 11.6 Å². The van der Waals surface area contributed by atoms with Crippen molar-refractivity contribution in [3.63, 3.8) is 0 Å². The highest BCUT2D eigenvalue weighted by molar-refractivity contribution is 6.43. The molecule has 0 saturated heterocycles. The zero-order valence-corrected chi connectivity index (χ0v) is 8.82. The normalized spacial score (nSPS) is 16.2. The van der Waals surface area contributed by atoms with E-state index in [0.717, 1.165) is 0 Å². The van der Waals surface area contributed by atoms with Crippen molar-refractivity contribution in [2.24, 2.45) is 5.92 Å². The molecular weight excluding hydrogens is 223 g/mol. The summed E-state index contributed by atoms with van der Waals surface area (Å²) < 4.78 is 0. The number of hydrogen-bond acceptors (Lipinski definition) is 2. The number of benzene rings is 1. The van der Waals surface area contributed by atoms with Crippen LogP contribution >= 0.6 is 23.2 Å². The summed E-state index contributed by atoms with van der Waals surface area (Å²) in [4.78, 5) is 23.1. The van der Waals surface area contributed by atoms with Gasteiger partial charge in [-0.15, -0.1) is 0 Å². The Bertz CT molecular complexity index is 411. The Hall–Kier alpha value is -0.860. The highest BCUT2D eigenvalue weighted by Crippen LogP contribution is 2.33. The van der Waals surface area contributed by atoms with Gasteiger partial charge in [0.05, 0.1) is 16.0 Å². The minimum Gasteiger partial charge on any atom is -0.293 e. The van der Waals surface area contributed by atoms with E-state index in [1.165, 1.54) is 12.1 Å². The summed E-state index contributed by atoms with van der Waals surface area (Å²) in [6.45, 7) is 1.59. The summed E-state index contributed by atoms with van der Waals surface area (Å²) in [5.74, 6) is -0.952. The van der Waals surface area contributed by atoms with Crippen LogP contribution in [-0.2, 0) is 0 Å². The number of rotatable bonds is 0. The molecule has 0 radical (unpaired) electrons. The van der Waals surface area contributed by atoms with Gasteiger partial charge < -0.3 is 0 Å². The number of halogens is 2. The fourth-order valence-electron chi connectivity index (χ4n) is 1.54. The lowest BCUT2D eigenvalue weighted by molar-refractivity contribution is 0.0852. The number of Topliss-reactive ketones (excluding diaryl/α,β-unsaturated/α-hetero) is 2. The molecule has 0 saturated carbocycles. The second-order valence-corrected chi connectivity index (χ2v) is 4.08. The predicted octanol–water partition coefficient (Wildman–Crippen LogP) is 3.01. The summed E-state index contributed by atoms with van der Waals surface area (Å²) in [5.41, 5.74) is 0.772. The molecule has 4 heteroatoms. The van der Waals surface area contributed by atoms with Crippen molar-refractivity contribution in [3.05, 3.63) is 33.3 Å². The molecule has 0 heterocycles. The first kappa shape index (κ1) is 9.69. The van der Waals surface area contributed by atoms with Crippen LogP contribution in [0.15, 0.2) is 12.1 Å². The minimum absolute atomic E-state index is 0.177. The topological polar surface area (TPSA) is 34.1 Å². The molecule has 2 nitrogen and oxygen atoms in total. The molecule has 0 bridgehead atoms. The predicted molar refractivity (Wildman–Crippen MR) is 54.3 cm³/mol. The van der Waals surface area contributed by atoms with Crippen molar-refractivity contribution in [1.29, 1.82) is 0 Å². The van der Waals surface area contributed by atoms with E-state index in [2.05, 4.69) is 0 Å². The lowest BCUT2D eigenvalue weighted by Gasteiger charge is -1.98. The van der Waals surface area contributed by atoms with Crippen molar-refractivity contribution >= 4 is 34.8 Å². The van der Waals surface area contributed by atoms with Crippen LogP contribution in [-0.4, -0.2) is 11.6 Å². The van der Waals surface area contributed by atoms with Crippen LogP contribution in [0.25, 0.3) is 0 Å². The average Bonchev–Trinajstić information content (AvgIpc) is 2.34. The number of hydrogen-bond donors (Lipinski definition) is 0. The first-order valence-corrected chi connectivity index (χ1v) is 4.85. The Kier molecular flexibility index (Phi) is 2.13. The number of carbonyl (C=O) groups excluding carboxylic acids is 2. The highest BCUT2D eigenvalue weighted by atomic mass is 35.5. The first-order chi connectivity index (χ1) is 6.52. The van der Waals surface area contributed by atoms with E-state index >= 15 is 0 Å². The molecule has 0 spiro atoms. The zero-order chi connectivity index (χ0) is 10.5. The van der Waals surface area contributed by atoms with Gasteiger partial charge in [0.1, 0.15) is 0 Å². The monoisotopic (exact) mass is 228 g/mol. The van der Waals surface area contributed by atoms with Crippen LogP contribution in [0, 0.1) is 5.92 Å². The van der Waals surface area contributed by atoms with Crippen LogP contribution in [0.2, 0.25) is 10.0 Å². The van der Waals surface area contributed by atoms with Gasteiger partial charge in [-0.25, -0.2) is 0 Å². The largest absolute Gasteiger partial charge is 0.293 e. The Balaban J connectivity index is 2.71. The molecule has 72 valence electrons. The average molecular weight is 229 g/mol. The van der Waals surface area contributed by atoms with Crippen molar-refractivity contribution in [3.8, 4) is 0 Å². The molecule has 0 fully saturated rings. The van der Waals surface area contributed by atoms with Crippen molar-refractivity contribution in [2.45, 2.75) is 6.92 Å². The van der Waals surface area contributed by atoms with Crippen molar-refractivity contribution < 1.29 is 9.59 Å². The first-order valence-electron chi connectivity index (χ1n) is 4.10. The lowest BCUT2D eigenvalue weighted by Crippen LogP contribution is -2.09. The Morgan fingerprint density at radius 1 is 1.00 bits per heavy atom. The van der Waals surface area contributed by atoms with Gasteiger partial charge in [0.25, 0.3) is 0 Å². The molecule has 1 aliphatic rings. The van der Waals surface area contributed by atoms with Gasteiger partial charge in [0.2, 0.25) is 0 Å². The van der Waals surface area contributed by atoms with Gasteiger partial charge in [0, 0.05) is 11.1 Å². The Morgan fingerprint density at radius 2 is 1.36 bits per heavy atom. The Morgan fingerprint density at radius 3 is 1.71 bits per heavy atom. The molecule has 14 heavy (non-hydrogen) atoms. The van der Waals surface area contributed by atoms with E-state index in [0.29, 0.717) is 21.2 Å². The van der Waals surface area contributed by atoms with E-state index < -0.39 is 5.92 Å². The van der Waals surface area contributed by atoms with Gasteiger partial charge in [-0.1, -0.05) is 23.2 Å². The molecule has 1 aliphatic carbocycles. The van der Waals surface area contributed by atoms with E-state index in [4.69, 9.17) is 23.2 Å². The van der Waals surface area contributed by atoms with E-state index in [1.807, 2.05) is 0 Å². The maximum atomic E-state index is 11.5. The van der Waals surface area contributed by atoms with Gasteiger partial charge in [-0.05, 0) is 19.1 Å². The van der Waals surface area contributed by atoms with Gasteiger partial charge in [0.15, 0.2) is 11.6 Å². The quantitative estimate of drug-likeness (QED) is 0.640. The SMILES string of the molecule is CC1C(=O)c2cc(Cl)c(Cl)cc2C1=O. The van der Waals surface area contributed by atoms with Crippen LogP contribution < -0.4 is 0 Å². The van der Waals surface area contributed by atoms with Gasteiger partial charge in [-0.3, -0.25) is 9.59 Å². The third kappa shape index (κ3) is 1.18. The summed E-state index contributed by atoms with van der Waals surface area (Å²) in [7, 11) is 0. The molecule has 0 N–H and O–H groups in total. The van der Waals surface area contributed by atoms with E-state index in [1.54, 1.807) is 6.92 Å². The summed E-state index contributed by atoms with van der Waals surface area (Å²) in [6.07, 6.45) is 0. The standard InChI is InChI=1S/C10H6Cl2O2/c1-4-9(13)5-2-7(11)8(12)3-6(5)10(4)14/h2-4H,1H3. The van der Waals surface area contributed by atoms with Crippen molar-refractivity contribution in [1.82, 2.24) is 0 Å². The fourth-order valence-corrected chi connectivity index (χ4v) is 1.87. The molecule has 0 unspecified atom stereocenters. The third-order valence-corrected chi connectivity index (χ3v) is 3.10. The number of carbonyl (C=O) groups is 2. The van der Waals surface area contributed by atoms with Crippen LogP contribution in [0.3, 0.4) is 0 Å². The smallest absolute Gasteiger partial charge is 0.174 e. The van der Waals surface area contributed by atoms with Gasteiger partial charge >= 0.3 is 0 Å². The molecule has 1 aromatic carbocycles. The van der Waals surface area contributed by atoms with E-state index in [9.17, 15) is 9.59 Å². The molecule has 0 aromatic heterocycles. The molecule has 2 rings (SSSR count). The number of fused-ring (bicyclic) bond motifs is 1. The second-order valence-electron chi connectivity index (χ2n) is 3.26. The molecule has 0 atom stereocenters. The molecule has 0 amide bonds. The fraction of sp³-hybridized carbons (Fsp3) is 0.200. The summed E-state index contributed by atoms with van der Waals surface area (Å²) in [5, 5.41) is 0.612. The highest BCUT2D eigenvalue weighted by Gasteiger charge is 2.35.